The number of nitrogens with one attached hydrogen (secondary N) is 1. The van der Waals surface area contributed by atoms with E-state index in [-0.39, 0.29) is 0 Å². The summed E-state index contributed by atoms with van der Waals surface area (Å²) in [7, 11) is 0. The van der Waals surface area contributed by atoms with Gasteiger partial charge < -0.3 is 5.32 Å². The van der Waals surface area contributed by atoms with Gasteiger partial charge in [-0.25, -0.2) is 0 Å². The number of benzene rings is 1. The topological polar surface area (TPSA) is 12.0 Å². The van der Waals surface area contributed by atoms with Gasteiger partial charge in [0.05, 0.1) is 0 Å². The van der Waals surface area contributed by atoms with E-state index in [1.807, 2.05) is 6.07 Å². The lowest BCUT2D eigenvalue weighted by Crippen LogP contribution is -2.12. The third-order valence-corrected chi connectivity index (χ3v) is 4.47. The highest BCUT2D eigenvalue weighted by atomic mass is 35.5. The molecule has 86 valence electrons. The van der Waals surface area contributed by atoms with E-state index in [2.05, 4.69) is 24.4 Å². The van der Waals surface area contributed by atoms with Crippen LogP contribution in [0.4, 0.5) is 5.69 Å². The van der Waals surface area contributed by atoms with Gasteiger partial charge >= 0.3 is 0 Å². The summed E-state index contributed by atoms with van der Waals surface area (Å²) in [6.07, 6.45) is 4.18. The van der Waals surface area contributed by atoms with Gasteiger partial charge in [0, 0.05) is 23.2 Å². The summed E-state index contributed by atoms with van der Waals surface area (Å²) < 4.78 is 0. The largest absolute Gasteiger partial charge is 0.384 e. The van der Waals surface area contributed by atoms with E-state index in [0.717, 1.165) is 23.4 Å². The number of fused-ring (bicyclic) bond motifs is 1. The normalized spacial score (nSPS) is 32.5. The zero-order chi connectivity index (χ0) is 11.1. The maximum Gasteiger partial charge on any atom is 0.0410 e. The molecular formula is C14H18ClN. The van der Waals surface area contributed by atoms with Crippen LogP contribution in [-0.4, -0.2) is 6.54 Å². The minimum atomic E-state index is 0.693. The van der Waals surface area contributed by atoms with Gasteiger partial charge in [-0.2, -0.15) is 0 Å². The zero-order valence-corrected chi connectivity index (χ0v) is 10.4. The van der Waals surface area contributed by atoms with E-state index in [1.165, 1.54) is 30.5 Å². The highest BCUT2D eigenvalue weighted by molar-refractivity contribution is 6.30. The van der Waals surface area contributed by atoms with Crippen LogP contribution >= 0.6 is 11.6 Å². The summed E-state index contributed by atoms with van der Waals surface area (Å²) >= 11 is 6.10. The molecule has 0 radical (unpaired) electrons. The molecule has 1 aliphatic heterocycles. The molecule has 0 amide bonds. The molecule has 2 aliphatic rings. The van der Waals surface area contributed by atoms with E-state index < -0.39 is 0 Å². The van der Waals surface area contributed by atoms with E-state index in [0.29, 0.717) is 5.92 Å². The maximum atomic E-state index is 6.10. The molecule has 1 fully saturated rings. The van der Waals surface area contributed by atoms with E-state index >= 15 is 0 Å². The van der Waals surface area contributed by atoms with Crippen LogP contribution in [0, 0.1) is 11.8 Å². The summed E-state index contributed by atoms with van der Waals surface area (Å²) in [5.74, 6) is 2.47. The molecule has 1 N–H and O–H groups in total. The van der Waals surface area contributed by atoms with Gasteiger partial charge in [-0.1, -0.05) is 24.9 Å². The van der Waals surface area contributed by atoms with Crippen molar-refractivity contribution in [2.45, 2.75) is 32.1 Å². The third kappa shape index (κ3) is 1.71. The molecule has 3 unspecified atom stereocenters. The summed E-state index contributed by atoms with van der Waals surface area (Å²) in [6.45, 7) is 3.48. The number of hydrogen-bond donors (Lipinski definition) is 1. The standard InChI is InChI=1S/C14H18ClN/c1-9-2-3-10(6-9)13-8-16-14-5-4-11(15)7-12(13)14/h4-5,7,9-10,13,16H,2-3,6,8H2,1H3. The average Bonchev–Trinajstić information content (AvgIpc) is 2.83. The minimum absolute atomic E-state index is 0.693. The zero-order valence-electron chi connectivity index (χ0n) is 9.67. The molecule has 3 atom stereocenters. The smallest absolute Gasteiger partial charge is 0.0410 e. The lowest BCUT2D eigenvalue weighted by molar-refractivity contribution is 0.442. The lowest BCUT2D eigenvalue weighted by Gasteiger charge is -2.18. The fourth-order valence-corrected chi connectivity index (χ4v) is 3.55. The molecule has 1 heterocycles. The van der Waals surface area contributed by atoms with Gasteiger partial charge in [0.25, 0.3) is 0 Å². The molecule has 0 spiro atoms. The first-order valence-corrected chi connectivity index (χ1v) is 6.65. The molecule has 1 nitrogen and oxygen atoms in total. The molecule has 0 bridgehead atoms. The quantitative estimate of drug-likeness (QED) is 0.766. The van der Waals surface area contributed by atoms with E-state index in [1.54, 1.807) is 0 Å². The number of anilines is 1. The van der Waals surface area contributed by atoms with Gasteiger partial charge in [0.1, 0.15) is 0 Å². The fourth-order valence-electron chi connectivity index (χ4n) is 3.37. The van der Waals surface area contributed by atoms with Crippen molar-refractivity contribution in [1.82, 2.24) is 0 Å². The molecule has 3 rings (SSSR count). The summed E-state index contributed by atoms with van der Waals surface area (Å²) in [4.78, 5) is 0. The van der Waals surface area contributed by atoms with Crippen LogP contribution in [0.1, 0.15) is 37.7 Å². The summed E-state index contributed by atoms with van der Waals surface area (Å²) in [6, 6.07) is 6.26. The van der Waals surface area contributed by atoms with Gasteiger partial charge in [0.15, 0.2) is 0 Å². The minimum Gasteiger partial charge on any atom is -0.384 e. The van der Waals surface area contributed by atoms with Gasteiger partial charge in [-0.3, -0.25) is 0 Å². The lowest BCUT2D eigenvalue weighted by atomic mass is 9.86. The molecular weight excluding hydrogens is 218 g/mol. The van der Waals surface area contributed by atoms with Crippen LogP contribution in [0.3, 0.4) is 0 Å². The van der Waals surface area contributed by atoms with Gasteiger partial charge in [-0.15, -0.1) is 0 Å². The molecule has 0 aromatic heterocycles. The highest BCUT2D eigenvalue weighted by Crippen LogP contribution is 2.45. The van der Waals surface area contributed by atoms with Crippen molar-refractivity contribution in [1.29, 1.82) is 0 Å². The van der Waals surface area contributed by atoms with Crippen molar-refractivity contribution in [2.24, 2.45) is 11.8 Å². The second-order valence-electron chi connectivity index (χ2n) is 5.40. The Morgan fingerprint density at radius 1 is 1.31 bits per heavy atom. The predicted octanol–water partition coefficient (Wildman–Crippen LogP) is 4.29. The Balaban J connectivity index is 1.88. The van der Waals surface area contributed by atoms with Gasteiger partial charge in [0.2, 0.25) is 0 Å². The van der Waals surface area contributed by atoms with Crippen LogP contribution in [0.15, 0.2) is 18.2 Å². The Morgan fingerprint density at radius 3 is 2.94 bits per heavy atom. The Hall–Kier alpha value is -0.690. The van der Waals surface area contributed by atoms with Crippen molar-refractivity contribution in [3.8, 4) is 0 Å². The van der Waals surface area contributed by atoms with Crippen molar-refractivity contribution >= 4 is 17.3 Å². The first-order valence-electron chi connectivity index (χ1n) is 6.27. The summed E-state index contributed by atoms with van der Waals surface area (Å²) in [5.41, 5.74) is 2.75. The first-order chi connectivity index (χ1) is 7.74. The molecule has 2 heteroatoms. The number of halogens is 1. The molecule has 1 saturated carbocycles. The van der Waals surface area contributed by atoms with Crippen molar-refractivity contribution in [3.05, 3.63) is 28.8 Å². The maximum absolute atomic E-state index is 6.10. The number of rotatable bonds is 1. The Bertz CT molecular complexity index is 402. The Labute approximate surface area is 102 Å². The SMILES string of the molecule is CC1CCC(C2CNc3ccc(Cl)cc32)C1. The molecule has 1 aromatic rings. The molecule has 16 heavy (non-hydrogen) atoms. The second-order valence-corrected chi connectivity index (χ2v) is 5.83. The van der Waals surface area contributed by atoms with E-state index in [9.17, 15) is 0 Å². The Kier molecular flexibility index (Phi) is 2.59. The molecule has 1 aromatic carbocycles. The fraction of sp³-hybridized carbons (Fsp3) is 0.571. The number of hydrogen-bond acceptors (Lipinski definition) is 1. The first kappa shape index (κ1) is 10.5. The molecule has 0 saturated heterocycles. The van der Waals surface area contributed by atoms with Crippen molar-refractivity contribution in [3.63, 3.8) is 0 Å². The van der Waals surface area contributed by atoms with E-state index in [4.69, 9.17) is 11.6 Å². The van der Waals surface area contributed by atoms with Crippen molar-refractivity contribution in [2.75, 3.05) is 11.9 Å². The van der Waals surface area contributed by atoms with Crippen LogP contribution in [0.5, 0.6) is 0 Å². The van der Waals surface area contributed by atoms with Gasteiger partial charge in [-0.05, 0) is 48.4 Å². The van der Waals surface area contributed by atoms with Crippen LogP contribution in [0.2, 0.25) is 5.02 Å². The van der Waals surface area contributed by atoms with Crippen LogP contribution < -0.4 is 5.32 Å². The van der Waals surface area contributed by atoms with Crippen LogP contribution in [-0.2, 0) is 0 Å². The summed E-state index contributed by atoms with van der Waals surface area (Å²) in [5, 5.41) is 4.38. The monoisotopic (exact) mass is 235 g/mol. The van der Waals surface area contributed by atoms with Crippen LogP contribution in [0.25, 0.3) is 0 Å². The third-order valence-electron chi connectivity index (χ3n) is 4.23. The predicted molar refractivity (Wildman–Crippen MR) is 69.2 cm³/mol. The highest BCUT2D eigenvalue weighted by Gasteiger charge is 2.33. The van der Waals surface area contributed by atoms with Crippen molar-refractivity contribution < 1.29 is 0 Å². The average molecular weight is 236 g/mol. The second kappa shape index (κ2) is 3.96. The molecule has 1 aliphatic carbocycles. The Morgan fingerprint density at radius 2 is 2.19 bits per heavy atom.